The van der Waals surface area contributed by atoms with Crippen LogP contribution in [0, 0.1) is 0 Å². The lowest BCUT2D eigenvalue weighted by atomic mass is 9.67. The average molecular weight is 1370 g/mol. The van der Waals surface area contributed by atoms with Gasteiger partial charge in [0.25, 0.3) is 0 Å². The number of hydrogen-bond acceptors (Lipinski definition) is 20. The fraction of sp³-hybridized carbons (Fsp3) is 0.111. The van der Waals surface area contributed by atoms with Crippen molar-refractivity contribution in [2.75, 3.05) is 0 Å². The van der Waals surface area contributed by atoms with E-state index in [1.54, 1.807) is 206 Å². The molecule has 2 heterocycles. The van der Waals surface area contributed by atoms with Crippen LogP contribution in [0.15, 0.2) is 271 Å². The third-order valence-corrected chi connectivity index (χ3v) is 20.6. The van der Waals surface area contributed by atoms with E-state index in [-0.39, 0.29) is 41.1 Å². The Morgan fingerprint density at radius 2 is 0.485 bits per heavy atom. The van der Waals surface area contributed by atoms with Gasteiger partial charge >= 0.3 is 35.8 Å². The number of hydrogen-bond donors (Lipinski definition) is 0. The third-order valence-electron chi connectivity index (χ3n) is 18.2. The molecule has 0 unspecified atom stereocenters. The molecule has 3 aliphatic carbocycles. The van der Waals surface area contributed by atoms with Crippen molar-refractivity contribution in [1.82, 2.24) is 0 Å². The summed E-state index contributed by atoms with van der Waals surface area (Å²) in [6.07, 6.45) is 2.57. The highest BCUT2D eigenvalue weighted by Crippen LogP contribution is 2.68. The smallest absolute Gasteiger partial charge is 0.334 e. The number of benzene rings is 8. The zero-order chi connectivity index (χ0) is 69.6. The van der Waals surface area contributed by atoms with Gasteiger partial charge in [0.2, 0.25) is 38.0 Å². The third kappa shape index (κ3) is 10.8. The Bertz CT molecular complexity index is 5210. The number of rotatable bonds is 20. The van der Waals surface area contributed by atoms with E-state index >= 15 is 28.8 Å². The van der Waals surface area contributed by atoms with E-state index in [9.17, 15) is 19.2 Å². The first-order valence-electron chi connectivity index (χ1n) is 31.9. The number of carbonyl (C=O) groups excluding carboxylic acids is 6. The van der Waals surface area contributed by atoms with Gasteiger partial charge < -0.3 is 28.4 Å². The molecule has 3 aliphatic rings. The van der Waals surface area contributed by atoms with Gasteiger partial charge in [0.15, 0.2) is 10.7 Å². The van der Waals surface area contributed by atoms with Crippen LogP contribution in [0.3, 0.4) is 0 Å². The molecule has 15 rings (SSSR count). The predicted molar refractivity (Wildman–Crippen MR) is 374 cm³/mol. The first kappa shape index (κ1) is 64.5. The maximum absolute atomic E-state index is 17.2. The Morgan fingerprint density at radius 1 is 0.277 bits per heavy atom. The van der Waals surface area contributed by atoms with Gasteiger partial charge in [-0.25, -0.2) is 9.98 Å². The number of fused-ring (bicyclic) bond motifs is 9. The van der Waals surface area contributed by atoms with Crippen LogP contribution in [0.2, 0.25) is 0 Å². The summed E-state index contributed by atoms with van der Waals surface area (Å²) in [5.41, 5.74) is -13.5. The molecule has 0 saturated carbocycles. The molecule has 494 valence electrons. The Hall–Kier alpha value is -12.5. The molecule has 10 aromatic carbocycles. The second kappa shape index (κ2) is 26.4. The number of ether oxygens (including phenoxy) is 6. The topological polar surface area (TPSA) is 251 Å². The summed E-state index contributed by atoms with van der Waals surface area (Å²) in [5, 5.41) is -1.50. The van der Waals surface area contributed by atoms with Crippen molar-refractivity contribution in [2.24, 2.45) is 9.98 Å². The number of carbonyl (C=O) groups is 6. The van der Waals surface area contributed by atoms with Crippen LogP contribution in [-0.4, -0.2) is 35.8 Å². The van der Waals surface area contributed by atoms with Gasteiger partial charge in [-0.3, -0.25) is 47.9 Å². The molecule has 0 aliphatic heterocycles. The average Bonchev–Trinajstić information content (AvgIpc) is 1.48. The molecule has 12 aromatic rings. The molecule has 2 aromatic heterocycles. The molecule has 0 fully saturated rings. The van der Waals surface area contributed by atoms with E-state index in [4.69, 9.17) is 38.4 Å². The van der Waals surface area contributed by atoms with Gasteiger partial charge in [0.05, 0.1) is 21.1 Å². The molecule has 0 amide bonds. The van der Waals surface area contributed by atoms with Gasteiger partial charge in [0, 0.05) is 53.6 Å². The highest BCUT2D eigenvalue weighted by molar-refractivity contribution is 7.24. The van der Waals surface area contributed by atoms with Crippen molar-refractivity contribution in [3.8, 4) is 9.75 Å². The fourth-order valence-electron chi connectivity index (χ4n) is 13.4. The molecular weight excluding hydrogens is 1320 g/mol. The Balaban J connectivity index is 1.06. The highest BCUT2D eigenvalue weighted by Gasteiger charge is 2.72. The number of esters is 6. The fourth-order valence-corrected chi connectivity index (χ4v) is 16.2. The molecule has 0 saturated heterocycles. The van der Waals surface area contributed by atoms with Crippen LogP contribution in [-0.2, 0) is 113 Å². The second-order valence-corrected chi connectivity index (χ2v) is 26.2. The quantitative estimate of drug-likeness (QED) is 0.0391. The molecular formula is C81H52N2O16S2. The highest BCUT2D eigenvalue weighted by atomic mass is 32.1. The summed E-state index contributed by atoms with van der Waals surface area (Å²) in [7, 11) is 0. The van der Waals surface area contributed by atoms with E-state index in [1.807, 2.05) is 0 Å². The molecule has 0 bridgehead atoms. The maximum Gasteiger partial charge on any atom is 0.334 e. The van der Waals surface area contributed by atoms with Gasteiger partial charge in [-0.05, 0) is 45.5 Å². The zero-order valence-electron chi connectivity index (χ0n) is 53.1. The molecule has 0 N–H and O–H groups in total. The Morgan fingerprint density at radius 3 is 0.713 bits per heavy atom. The second-order valence-electron chi connectivity index (χ2n) is 24.1. The molecule has 20 heteroatoms. The standard InChI is InChI=1S/C81H52N2O16S2/c84-67-53-35-19-20-36-54(53)68(85)65(67)82-59-39-57-61(79(59,73(88)94-41-47-23-7-1-8-24-47)74(89)95-42-48-25-9-2-10-26-48)63-71(100-57)72-64(81(63,77(92)98-45-51-31-15-5-16-32-51)78(93)99-46-52-33-17-6-18-34-52)62-58(101-72)40-60(83-66-69(86)55-37-21-22-38-56(55)70(66)87)80(62,75(90)96-43-49-27-11-3-12-28-49)76(91)97-44-50-29-13-4-14-30-50/h1-40H,41-46H2. The van der Waals surface area contributed by atoms with Crippen LogP contribution < -0.4 is 32.4 Å². The summed E-state index contributed by atoms with van der Waals surface area (Å²) < 4.78 is 38.2. The van der Waals surface area contributed by atoms with Crippen molar-refractivity contribution in [2.45, 2.75) is 55.9 Å². The summed E-state index contributed by atoms with van der Waals surface area (Å²) in [6, 6.07) is 62.4. The van der Waals surface area contributed by atoms with Gasteiger partial charge in [-0.2, -0.15) is 0 Å². The Labute approximate surface area is 580 Å². The van der Waals surface area contributed by atoms with Gasteiger partial charge in [-0.15, -0.1) is 22.7 Å². The SMILES string of the molecule is O=C(OCc1ccccc1)C1(C(=O)OCc2ccccc2)C(N=c2c(=O)c3ccccc3c2=O)=Cc2sc3c(c21)C(C(=O)OCc1ccccc1)(C(=O)OCc1ccccc1)c1c-3sc2c1C(C(=O)OCc1ccccc1)(C(=O)OCc1ccccc1)C(N=c1c(=O)c3ccccc3c1=O)=C2. The van der Waals surface area contributed by atoms with E-state index in [0.717, 1.165) is 22.7 Å². The van der Waals surface area contributed by atoms with Crippen LogP contribution in [0.25, 0.3) is 43.5 Å². The zero-order valence-corrected chi connectivity index (χ0v) is 54.7. The van der Waals surface area contributed by atoms with Crippen LogP contribution in [0.4, 0.5) is 0 Å². The number of nitrogens with zero attached hydrogens (tertiary/aromatic N) is 2. The number of thiophene rings is 2. The normalized spacial score (nSPS) is 13.9. The minimum absolute atomic E-state index is 0.0146. The lowest BCUT2D eigenvalue weighted by molar-refractivity contribution is -0.168. The largest absolute Gasteiger partial charge is 0.459 e. The Kier molecular flexibility index (Phi) is 16.8. The van der Waals surface area contributed by atoms with E-state index in [1.165, 1.54) is 36.4 Å². The van der Waals surface area contributed by atoms with E-state index in [2.05, 4.69) is 0 Å². The predicted octanol–water partition coefficient (Wildman–Crippen LogP) is 10.4. The van der Waals surface area contributed by atoms with Crippen molar-refractivity contribution >= 4 is 92.2 Å². The van der Waals surface area contributed by atoms with Crippen molar-refractivity contribution in [3.63, 3.8) is 0 Å². The van der Waals surface area contributed by atoms with E-state index in [0.29, 0.717) is 33.4 Å². The monoisotopic (exact) mass is 1370 g/mol. The molecule has 101 heavy (non-hydrogen) atoms. The van der Waals surface area contributed by atoms with Crippen LogP contribution in [0.5, 0.6) is 0 Å². The molecule has 18 nitrogen and oxygen atoms in total. The van der Waals surface area contributed by atoms with Crippen LogP contribution in [0.1, 0.15) is 65.4 Å². The first-order valence-corrected chi connectivity index (χ1v) is 33.5. The summed E-state index contributed by atoms with van der Waals surface area (Å²) in [5.74, 6) is -8.54. The first-order chi connectivity index (χ1) is 49.2. The summed E-state index contributed by atoms with van der Waals surface area (Å²) >= 11 is 1.68. The molecule has 0 atom stereocenters. The van der Waals surface area contributed by atoms with Gasteiger partial charge in [0.1, 0.15) is 39.6 Å². The molecule has 0 spiro atoms. The lowest BCUT2D eigenvalue weighted by Crippen LogP contribution is -2.53. The van der Waals surface area contributed by atoms with E-state index < -0.39 is 158 Å². The lowest BCUT2D eigenvalue weighted by Gasteiger charge is -2.35. The van der Waals surface area contributed by atoms with Crippen LogP contribution >= 0.6 is 22.7 Å². The van der Waals surface area contributed by atoms with Gasteiger partial charge in [-0.1, -0.05) is 231 Å². The van der Waals surface area contributed by atoms with Crippen molar-refractivity contribution in [3.05, 3.63) is 359 Å². The maximum atomic E-state index is 17.2. The minimum Gasteiger partial charge on any atom is -0.459 e. The van der Waals surface area contributed by atoms with Crippen molar-refractivity contribution in [1.29, 1.82) is 0 Å². The molecule has 0 radical (unpaired) electrons. The van der Waals surface area contributed by atoms with Crippen molar-refractivity contribution < 1.29 is 57.2 Å². The summed E-state index contributed by atoms with van der Waals surface area (Å²) in [6.45, 7) is -3.19. The summed E-state index contributed by atoms with van der Waals surface area (Å²) in [4.78, 5) is 169. The minimum atomic E-state index is -3.24.